The molecule has 1 aliphatic rings. The zero-order chi connectivity index (χ0) is 20.5. The molecule has 4 nitrogen and oxygen atoms in total. The van der Waals surface area contributed by atoms with Crippen LogP contribution in [0.5, 0.6) is 0 Å². The van der Waals surface area contributed by atoms with Crippen molar-refractivity contribution in [3.05, 3.63) is 58.7 Å². The topological polar surface area (TPSA) is 52.6 Å². The Morgan fingerprint density at radius 2 is 1.89 bits per heavy atom. The number of benzene rings is 2. The van der Waals surface area contributed by atoms with Gasteiger partial charge < -0.3 is 15.3 Å². The van der Waals surface area contributed by atoms with Gasteiger partial charge in [0.1, 0.15) is 0 Å². The summed E-state index contributed by atoms with van der Waals surface area (Å²) in [4.78, 5) is 13.5. The van der Waals surface area contributed by atoms with E-state index in [0.717, 1.165) is 25.2 Å². The molecule has 3 rings (SSSR count). The van der Waals surface area contributed by atoms with Gasteiger partial charge in [-0.15, -0.1) is 0 Å². The molecule has 0 saturated heterocycles. The van der Waals surface area contributed by atoms with Crippen molar-refractivity contribution < 1.29 is 9.90 Å². The molecule has 0 saturated carbocycles. The Labute approximate surface area is 168 Å². The van der Waals surface area contributed by atoms with Crippen LogP contribution in [0.4, 0.5) is 11.4 Å². The highest BCUT2D eigenvalue weighted by atomic mass is 16.4. The van der Waals surface area contributed by atoms with Crippen molar-refractivity contribution in [3.63, 3.8) is 0 Å². The molecular formula is C24H32N2O2. The van der Waals surface area contributed by atoms with Gasteiger partial charge in [0.25, 0.3) is 0 Å². The lowest BCUT2D eigenvalue weighted by Gasteiger charge is -2.43. The number of aryl methyl sites for hydroxylation is 1. The molecule has 0 bridgehead atoms. The maximum Gasteiger partial charge on any atom is 0.335 e. The quantitative estimate of drug-likeness (QED) is 0.719. The first-order chi connectivity index (χ1) is 13.2. The first kappa shape index (κ1) is 20.2. The van der Waals surface area contributed by atoms with E-state index in [1.54, 1.807) is 12.1 Å². The molecule has 0 radical (unpaired) electrons. The van der Waals surface area contributed by atoms with Gasteiger partial charge in [-0.3, -0.25) is 0 Å². The molecule has 1 aliphatic heterocycles. The third kappa shape index (κ3) is 4.16. The number of anilines is 2. The van der Waals surface area contributed by atoms with Crippen LogP contribution in [-0.2, 0) is 11.8 Å². The van der Waals surface area contributed by atoms with Gasteiger partial charge in [0.2, 0.25) is 0 Å². The van der Waals surface area contributed by atoms with Gasteiger partial charge in [-0.25, -0.2) is 4.79 Å². The lowest BCUT2D eigenvalue weighted by molar-refractivity contribution is 0.0697. The summed E-state index contributed by atoms with van der Waals surface area (Å²) < 4.78 is 0. The van der Waals surface area contributed by atoms with E-state index in [1.165, 1.54) is 28.8 Å². The van der Waals surface area contributed by atoms with E-state index in [1.807, 2.05) is 12.1 Å². The monoisotopic (exact) mass is 380 g/mol. The Hall–Kier alpha value is -2.49. The number of fused-ring (bicyclic) bond motifs is 1. The summed E-state index contributed by atoms with van der Waals surface area (Å²) >= 11 is 0. The summed E-state index contributed by atoms with van der Waals surface area (Å²) in [5, 5.41) is 12.4. The average Bonchev–Trinajstić information content (AvgIpc) is 2.63. The van der Waals surface area contributed by atoms with Crippen LogP contribution in [0, 0.1) is 6.92 Å². The van der Waals surface area contributed by atoms with Crippen LogP contribution >= 0.6 is 0 Å². The Balaban J connectivity index is 1.76. The number of carboxylic acid groups (broad SMARTS) is 1. The molecule has 28 heavy (non-hydrogen) atoms. The largest absolute Gasteiger partial charge is 0.478 e. The summed E-state index contributed by atoms with van der Waals surface area (Å²) in [6, 6.07) is 12.2. The van der Waals surface area contributed by atoms with Crippen molar-refractivity contribution in [3.8, 4) is 0 Å². The van der Waals surface area contributed by atoms with Gasteiger partial charge >= 0.3 is 5.97 Å². The molecule has 0 aliphatic carbocycles. The minimum Gasteiger partial charge on any atom is -0.478 e. The van der Waals surface area contributed by atoms with E-state index < -0.39 is 5.97 Å². The Bertz CT molecular complexity index is 854. The number of rotatable bonds is 6. The zero-order valence-electron chi connectivity index (χ0n) is 17.7. The van der Waals surface area contributed by atoms with Gasteiger partial charge in [0.05, 0.1) is 5.56 Å². The Kier molecular flexibility index (Phi) is 5.69. The van der Waals surface area contributed by atoms with Crippen molar-refractivity contribution in [1.82, 2.24) is 0 Å². The normalized spacial score (nSPS) is 15.4. The van der Waals surface area contributed by atoms with Gasteiger partial charge in [0.15, 0.2) is 0 Å². The fourth-order valence-corrected chi connectivity index (χ4v) is 4.05. The zero-order valence-corrected chi connectivity index (χ0v) is 17.7. The number of aromatic carboxylic acids is 1. The fourth-order valence-electron chi connectivity index (χ4n) is 4.05. The van der Waals surface area contributed by atoms with E-state index in [0.29, 0.717) is 11.6 Å². The third-order valence-electron chi connectivity index (χ3n) is 5.95. The Morgan fingerprint density at radius 1 is 1.21 bits per heavy atom. The number of hydrogen-bond donors (Lipinski definition) is 2. The van der Waals surface area contributed by atoms with Gasteiger partial charge in [-0.2, -0.15) is 0 Å². The number of carbonyl (C=O) groups is 1. The van der Waals surface area contributed by atoms with Crippen molar-refractivity contribution in [2.45, 2.75) is 58.9 Å². The van der Waals surface area contributed by atoms with E-state index >= 15 is 0 Å². The SMILES string of the molecule is Cc1cc2c(cc1CCNc1ccc(C(=O)O)cc1)N(C(C)C)CCC2(C)C. The number of nitrogens with one attached hydrogen (secondary N) is 1. The lowest BCUT2D eigenvalue weighted by Crippen LogP contribution is -2.41. The summed E-state index contributed by atoms with van der Waals surface area (Å²) in [5.74, 6) is -0.895. The number of carboxylic acids is 1. The van der Waals surface area contributed by atoms with E-state index in [9.17, 15) is 4.79 Å². The third-order valence-corrected chi connectivity index (χ3v) is 5.95. The highest BCUT2D eigenvalue weighted by Crippen LogP contribution is 2.41. The summed E-state index contributed by atoms with van der Waals surface area (Å²) in [6.45, 7) is 13.4. The molecule has 0 amide bonds. The fraction of sp³-hybridized carbons (Fsp3) is 0.458. The summed E-state index contributed by atoms with van der Waals surface area (Å²) in [5.41, 5.74) is 7.05. The van der Waals surface area contributed by atoms with Crippen molar-refractivity contribution >= 4 is 17.3 Å². The molecule has 2 N–H and O–H groups in total. The molecule has 2 aromatic carbocycles. The predicted octanol–water partition coefficient (Wildman–Crippen LogP) is 5.24. The highest BCUT2D eigenvalue weighted by Gasteiger charge is 2.32. The molecule has 0 aromatic heterocycles. The average molecular weight is 381 g/mol. The highest BCUT2D eigenvalue weighted by molar-refractivity contribution is 5.88. The van der Waals surface area contributed by atoms with Gasteiger partial charge in [-0.05, 0) is 86.1 Å². The molecule has 0 fully saturated rings. The van der Waals surface area contributed by atoms with Crippen LogP contribution < -0.4 is 10.2 Å². The maximum atomic E-state index is 11.0. The second-order valence-corrected chi connectivity index (χ2v) is 8.78. The molecule has 1 heterocycles. The molecule has 150 valence electrons. The minimum atomic E-state index is -0.895. The number of nitrogens with zero attached hydrogens (tertiary/aromatic N) is 1. The molecule has 0 unspecified atom stereocenters. The maximum absolute atomic E-state index is 11.0. The van der Waals surface area contributed by atoms with Gasteiger partial charge in [0, 0.05) is 30.5 Å². The van der Waals surface area contributed by atoms with Crippen LogP contribution in [0.15, 0.2) is 36.4 Å². The smallest absolute Gasteiger partial charge is 0.335 e. The Morgan fingerprint density at radius 3 is 2.50 bits per heavy atom. The standard InChI is InChI=1S/C24H32N2O2/c1-16(2)26-13-11-24(4,5)21-14-17(3)19(15-22(21)26)10-12-25-20-8-6-18(7-9-20)23(27)28/h6-9,14-16,25H,10-13H2,1-5H3,(H,27,28). The molecule has 2 aromatic rings. The second kappa shape index (κ2) is 7.86. The second-order valence-electron chi connectivity index (χ2n) is 8.78. The van der Waals surface area contributed by atoms with Crippen LogP contribution in [-0.4, -0.2) is 30.2 Å². The lowest BCUT2D eigenvalue weighted by atomic mass is 9.76. The molecule has 4 heteroatoms. The van der Waals surface area contributed by atoms with Crippen LogP contribution in [0.3, 0.4) is 0 Å². The predicted molar refractivity (Wildman–Crippen MR) is 117 cm³/mol. The first-order valence-corrected chi connectivity index (χ1v) is 10.2. The minimum absolute atomic E-state index is 0.216. The van der Waals surface area contributed by atoms with Crippen LogP contribution in [0.2, 0.25) is 0 Å². The van der Waals surface area contributed by atoms with Crippen LogP contribution in [0.25, 0.3) is 0 Å². The van der Waals surface area contributed by atoms with Crippen molar-refractivity contribution in [1.29, 1.82) is 0 Å². The van der Waals surface area contributed by atoms with Gasteiger partial charge in [-0.1, -0.05) is 19.9 Å². The molecular weight excluding hydrogens is 348 g/mol. The first-order valence-electron chi connectivity index (χ1n) is 10.2. The molecule has 0 atom stereocenters. The summed E-state index contributed by atoms with van der Waals surface area (Å²) in [6.07, 6.45) is 2.12. The van der Waals surface area contributed by atoms with E-state index in [-0.39, 0.29) is 5.41 Å². The van der Waals surface area contributed by atoms with Crippen molar-refractivity contribution in [2.75, 3.05) is 23.3 Å². The van der Waals surface area contributed by atoms with E-state index in [4.69, 9.17) is 5.11 Å². The van der Waals surface area contributed by atoms with Crippen LogP contribution in [0.1, 0.15) is 61.2 Å². The number of hydrogen-bond acceptors (Lipinski definition) is 3. The van der Waals surface area contributed by atoms with Crippen molar-refractivity contribution in [2.24, 2.45) is 0 Å². The van der Waals surface area contributed by atoms with E-state index in [2.05, 4.69) is 57.0 Å². The summed E-state index contributed by atoms with van der Waals surface area (Å²) in [7, 11) is 0. The molecule has 0 spiro atoms.